The lowest BCUT2D eigenvalue weighted by Crippen LogP contribution is -2.05. The van der Waals surface area contributed by atoms with Gasteiger partial charge in [0, 0.05) is 0 Å². The van der Waals surface area contributed by atoms with Gasteiger partial charge in [-0.05, 0) is 37.1 Å². The van der Waals surface area contributed by atoms with E-state index in [4.69, 9.17) is 17.3 Å². The van der Waals surface area contributed by atoms with Gasteiger partial charge in [0.2, 0.25) is 5.28 Å². The SMILES string of the molecule is Cc1cccc(F)c1Nc1nc(Cl)nc(C)c1N. The summed E-state index contributed by atoms with van der Waals surface area (Å²) in [5.41, 5.74) is 7.81. The fourth-order valence-corrected chi connectivity index (χ4v) is 1.76. The van der Waals surface area contributed by atoms with Crippen LogP contribution in [0.15, 0.2) is 18.2 Å². The molecule has 0 atom stereocenters. The second kappa shape index (κ2) is 4.78. The first-order valence-electron chi connectivity index (χ1n) is 5.31. The van der Waals surface area contributed by atoms with E-state index in [0.717, 1.165) is 5.56 Å². The molecule has 2 rings (SSSR count). The fourth-order valence-electron chi connectivity index (χ4n) is 1.55. The minimum absolute atomic E-state index is 0.0678. The number of nitrogens with one attached hydrogen (secondary N) is 1. The van der Waals surface area contributed by atoms with Gasteiger partial charge >= 0.3 is 0 Å². The molecule has 0 spiro atoms. The Morgan fingerprint density at radius 1 is 1.28 bits per heavy atom. The molecule has 1 aromatic carbocycles. The summed E-state index contributed by atoms with van der Waals surface area (Å²) >= 11 is 5.76. The van der Waals surface area contributed by atoms with Crippen LogP contribution < -0.4 is 11.1 Å². The highest BCUT2D eigenvalue weighted by atomic mass is 35.5. The summed E-state index contributed by atoms with van der Waals surface area (Å²) in [7, 11) is 0. The minimum atomic E-state index is -0.373. The average molecular weight is 267 g/mol. The van der Waals surface area contributed by atoms with E-state index in [9.17, 15) is 4.39 Å². The van der Waals surface area contributed by atoms with Crippen LogP contribution in [0, 0.1) is 19.7 Å². The van der Waals surface area contributed by atoms with E-state index in [-0.39, 0.29) is 11.1 Å². The molecule has 94 valence electrons. The van der Waals surface area contributed by atoms with Gasteiger partial charge in [0.25, 0.3) is 0 Å². The topological polar surface area (TPSA) is 63.8 Å². The van der Waals surface area contributed by atoms with Gasteiger partial charge in [-0.25, -0.2) is 9.37 Å². The van der Waals surface area contributed by atoms with Crippen molar-refractivity contribution in [1.29, 1.82) is 0 Å². The highest BCUT2D eigenvalue weighted by Crippen LogP contribution is 2.27. The zero-order chi connectivity index (χ0) is 13.3. The Hall–Kier alpha value is -1.88. The number of halogens is 2. The van der Waals surface area contributed by atoms with Crippen LogP contribution in [-0.2, 0) is 0 Å². The molecule has 0 saturated carbocycles. The van der Waals surface area contributed by atoms with Gasteiger partial charge < -0.3 is 11.1 Å². The molecule has 0 unspecified atom stereocenters. The summed E-state index contributed by atoms with van der Waals surface area (Å²) < 4.78 is 13.7. The van der Waals surface area contributed by atoms with Gasteiger partial charge in [0.15, 0.2) is 5.82 Å². The third kappa shape index (κ3) is 2.36. The smallest absolute Gasteiger partial charge is 0.224 e. The zero-order valence-electron chi connectivity index (χ0n) is 9.96. The number of nitrogen functional groups attached to an aromatic ring is 1. The Kier molecular flexibility index (Phi) is 3.34. The predicted octanol–water partition coefficient (Wildman–Crippen LogP) is 3.21. The highest BCUT2D eigenvalue weighted by molar-refractivity contribution is 6.28. The normalized spacial score (nSPS) is 10.4. The van der Waals surface area contributed by atoms with Gasteiger partial charge in [-0.1, -0.05) is 12.1 Å². The van der Waals surface area contributed by atoms with Crippen molar-refractivity contribution < 1.29 is 4.39 Å². The van der Waals surface area contributed by atoms with Crippen molar-refractivity contribution in [3.05, 3.63) is 40.6 Å². The highest BCUT2D eigenvalue weighted by Gasteiger charge is 2.11. The molecule has 0 aliphatic rings. The monoisotopic (exact) mass is 266 g/mol. The largest absolute Gasteiger partial charge is 0.394 e. The van der Waals surface area contributed by atoms with Crippen molar-refractivity contribution in [2.24, 2.45) is 0 Å². The van der Waals surface area contributed by atoms with E-state index < -0.39 is 0 Å². The average Bonchev–Trinajstić information content (AvgIpc) is 2.30. The molecule has 1 aromatic heterocycles. The molecule has 6 heteroatoms. The van der Waals surface area contributed by atoms with Gasteiger partial charge in [-0.15, -0.1) is 0 Å². The van der Waals surface area contributed by atoms with Crippen LogP contribution in [0.1, 0.15) is 11.3 Å². The third-order valence-corrected chi connectivity index (χ3v) is 2.74. The number of para-hydroxylation sites is 1. The van der Waals surface area contributed by atoms with Crippen molar-refractivity contribution >= 4 is 28.8 Å². The van der Waals surface area contributed by atoms with Crippen molar-refractivity contribution in [3.8, 4) is 0 Å². The standard InChI is InChI=1S/C12H12ClFN4/c1-6-4-3-5-8(14)10(6)17-11-9(15)7(2)16-12(13)18-11/h3-5H,15H2,1-2H3,(H,16,17,18). The Balaban J connectivity index is 2.46. The van der Waals surface area contributed by atoms with Crippen LogP contribution in [0.4, 0.5) is 21.6 Å². The van der Waals surface area contributed by atoms with E-state index in [1.54, 1.807) is 26.0 Å². The molecular weight excluding hydrogens is 255 g/mol. The number of rotatable bonds is 2. The van der Waals surface area contributed by atoms with Gasteiger partial charge in [-0.2, -0.15) is 4.98 Å². The molecule has 0 saturated heterocycles. The lowest BCUT2D eigenvalue weighted by molar-refractivity contribution is 0.631. The van der Waals surface area contributed by atoms with Crippen LogP contribution in [-0.4, -0.2) is 9.97 Å². The maximum Gasteiger partial charge on any atom is 0.224 e. The van der Waals surface area contributed by atoms with Crippen molar-refractivity contribution in [3.63, 3.8) is 0 Å². The summed E-state index contributed by atoms with van der Waals surface area (Å²) in [6, 6.07) is 4.79. The Morgan fingerprint density at radius 3 is 2.67 bits per heavy atom. The Morgan fingerprint density at radius 2 is 2.00 bits per heavy atom. The number of aromatic nitrogens is 2. The Bertz CT molecular complexity index is 581. The molecule has 2 aromatic rings. The molecule has 1 heterocycles. The second-order valence-electron chi connectivity index (χ2n) is 3.90. The predicted molar refractivity (Wildman–Crippen MR) is 70.6 cm³/mol. The molecular formula is C12H12ClFN4. The van der Waals surface area contributed by atoms with E-state index >= 15 is 0 Å². The summed E-state index contributed by atoms with van der Waals surface area (Å²) in [5.74, 6) is -0.0671. The number of hydrogen-bond acceptors (Lipinski definition) is 4. The number of anilines is 3. The van der Waals surface area contributed by atoms with E-state index in [1.807, 2.05) is 0 Å². The van der Waals surface area contributed by atoms with Crippen LogP contribution in [0.3, 0.4) is 0 Å². The first-order valence-corrected chi connectivity index (χ1v) is 5.68. The first kappa shape index (κ1) is 12.6. The molecule has 0 fully saturated rings. The van der Waals surface area contributed by atoms with Crippen molar-refractivity contribution in [2.75, 3.05) is 11.1 Å². The molecule has 3 N–H and O–H groups in total. The summed E-state index contributed by atoms with van der Waals surface area (Å²) in [4.78, 5) is 7.88. The summed E-state index contributed by atoms with van der Waals surface area (Å²) in [6.45, 7) is 3.50. The molecule has 4 nitrogen and oxygen atoms in total. The first-order chi connectivity index (χ1) is 8.49. The molecule has 0 amide bonds. The summed E-state index contributed by atoms with van der Waals surface area (Å²) in [6.07, 6.45) is 0. The van der Waals surface area contributed by atoms with Crippen LogP contribution in [0.5, 0.6) is 0 Å². The molecule has 0 bridgehead atoms. The lowest BCUT2D eigenvalue weighted by atomic mass is 10.2. The third-order valence-electron chi connectivity index (χ3n) is 2.57. The van der Waals surface area contributed by atoms with Gasteiger partial charge in [0.1, 0.15) is 5.82 Å². The molecule has 0 radical (unpaired) electrons. The van der Waals surface area contributed by atoms with Crippen molar-refractivity contribution in [1.82, 2.24) is 9.97 Å². The maximum absolute atomic E-state index is 13.7. The quantitative estimate of drug-likeness (QED) is 0.819. The molecule has 18 heavy (non-hydrogen) atoms. The number of aryl methyl sites for hydroxylation is 2. The van der Waals surface area contributed by atoms with Crippen LogP contribution in [0.2, 0.25) is 5.28 Å². The van der Waals surface area contributed by atoms with E-state index in [1.165, 1.54) is 6.07 Å². The maximum atomic E-state index is 13.7. The Labute approximate surface area is 109 Å². The number of hydrogen-bond donors (Lipinski definition) is 2. The minimum Gasteiger partial charge on any atom is -0.394 e. The van der Waals surface area contributed by atoms with Crippen LogP contribution in [0.25, 0.3) is 0 Å². The molecule has 0 aliphatic heterocycles. The number of nitrogens with zero attached hydrogens (tertiary/aromatic N) is 2. The van der Waals surface area contributed by atoms with Crippen LogP contribution >= 0.6 is 11.6 Å². The van der Waals surface area contributed by atoms with Gasteiger partial charge in [-0.3, -0.25) is 0 Å². The summed E-state index contributed by atoms with van der Waals surface area (Å²) in [5, 5.41) is 2.92. The van der Waals surface area contributed by atoms with Crippen molar-refractivity contribution in [2.45, 2.75) is 13.8 Å². The van der Waals surface area contributed by atoms with E-state index in [2.05, 4.69) is 15.3 Å². The fraction of sp³-hybridized carbons (Fsp3) is 0.167. The number of benzene rings is 1. The number of nitrogens with two attached hydrogens (primary N) is 1. The molecule has 0 aliphatic carbocycles. The van der Waals surface area contributed by atoms with E-state index in [0.29, 0.717) is 22.9 Å². The second-order valence-corrected chi connectivity index (χ2v) is 4.24. The van der Waals surface area contributed by atoms with Gasteiger partial charge in [0.05, 0.1) is 17.1 Å². The lowest BCUT2D eigenvalue weighted by Gasteiger charge is -2.12. The zero-order valence-corrected chi connectivity index (χ0v) is 10.7.